The average Bonchev–Trinajstić information content (AvgIpc) is 2.84. The van der Waals surface area contributed by atoms with E-state index in [-0.39, 0.29) is 0 Å². The Bertz CT molecular complexity index is 1120. The first-order valence-electron chi connectivity index (χ1n) is 11.1. The molecule has 0 unspecified atom stereocenters. The molecule has 178 valence electrons. The quantitative estimate of drug-likeness (QED) is 0.338. The standard InChI is InChI=1S/C28H29ClO5/c1-4-33-27(28(30)31)17-20-5-12-24(13-6-20)34-16-15-19(2)21-7-9-22(10-8-21)25-18-23(29)11-14-26(25)32-3/h5-15,18,27H,4,16-17H2,1-3H3,(H,30,31)/b19-15+/t27-/m0/s1. The van der Waals surface area contributed by atoms with Crippen molar-refractivity contribution in [2.75, 3.05) is 20.3 Å². The fourth-order valence-corrected chi connectivity index (χ4v) is 3.73. The van der Waals surface area contributed by atoms with E-state index in [4.69, 9.17) is 25.8 Å². The largest absolute Gasteiger partial charge is 0.496 e. The summed E-state index contributed by atoms with van der Waals surface area (Å²) in [6.07, 6.45) is 1.51. The molecule has 0 radical (unpaired) electrons. The highest BCUT2D eigenvalue weighted by molar-refractivity contribution is 6.31. The molecule has 0 aliphatic rings. The highest BCUT2D eigenvalue weighted by Crippen LogP contribution is 2.33. The minimum atomic E-state index is -0.956. The monoisotopic (exact) mass is 480 g/mol. The molecule has 0 bridgehead atoms. The summed E-state index contributed by atoms with van der Waals surface area (Å²) in [7, 11) is 1.65. The zero-order valence-corrected chi connectivity index (χ0v) is 20.3. The number of hydrogen-bond donors (Lipinski definition) is 1. The van der Waals surface area contributed by atoms with Crippen molar-refractivity contribution >= 4 is 23.1 Å². The molecule has 0 amide bonds. The number of carboxylic acid groups (broad SMARTS) is 1. The molecule has 3 rings (SSSR count). The van der Waals surface area contributed by atoms with Crippen molar-refractivity contribution < 1.29 is 24.1 Å². The molecule has 34 heavy (non-hydrogen) atoms. The van der Waals surface area contributed by atoms with Crippen molar-refractivity contribution in [2.24, 2.45) is 0 Å². The minimum absolute atomic E-state index is 0.319. The number of carbonyl (C=O) groups is 1. The first-order valence-corrected chi connectivity index (χ1v) is 11.5. The summed E-state index contributed by atoms with van der Waals surface area (Å²) in [5.41, 5.74) is 5.06. The van der Waals surface area contributed by atoms with Gasteiger partial charge in [0.1, 0.15) is 18.1 Å². The molecule has 0 aromatic heterocycles. The Balaban J connectivity index is 1.59. The summed E-state index contributed by atoms with van der Waals surface area (Å²) >= 11 is 6.16. The molecule has 0 aliphatic carbocycles. The number of halogens is 1. The average molecular weight is 481 g/mol. The Morgan fingerprint density at radius 1 is 1.06 bits per heavy atom. The second-order valence-corrected chi connectivity index (χ2v) is 8.19. The zero-order chi connectivity index (χ0) is 24.5. The third-order valence-electron chi connectivity index (χ3n) is 5.44. The van der Waals surface area contributed by atoms with Crippen LogP contribution in [0.3, 0.4) is 0 Å². The van der Waals surface area contributed by atoms with E-state index < -0.39 is 12.1 Å². The van der Waals surface area contributed by atoms with Crippen molar-refractivity contribution in [3.8, 4) is 22.6 Å². The Labute approximate surface area is 205 Å². The second-order valence-electron chi connectivity index (χ2n) is 7.75. The summed E-state index contributed by atoms with van der Waals surface area (Å²) in [6.45, 7) is 4.61. The van der Waals surface area contributed by atoms with Crippen LogP contribution < -0.4 is 9.47 Å². The van der Waals surface area contributed by atoms with Crippen LogP contribution in [0.15, 0.2) is 72.8 Å². The summed E-state index contributed by atoms with van der Waals surface area (Å²) in [5, 5.41) is 9.89. The van der Waals surface area contributed by atoms with Gasteiger partial charge >= 0.3 is 5.97 Å². The van der Waals surface area contributed by atoms with Crippen molar-refractivity contribution in [1.29, 1.82) is 0 Å². The number of rotatable bonds is 11. The third kappa shape index (κ3) is 6.86. The molecular weight excluding hydrogens is 452 g/mol. The van der Waals surface area contributed by atoms with Crippen LogP contribution in [0.5, 0.6) is 11.5 Å². The first kappa shape index (κ1) is 25.3. The second kappa shape index (κ2) is 12.3. The van der Waals surface area contributed by atoms with Crippen molar-refractivity contribution in [2.45, 2.75) is 26.4 Å². The van der Waals surface area contributed by atoms with Gasteiger partial charge in [0.15, 0.2) is 6.10 Å². The number of allylic oxidation sites excluding steroid dienone is 1. The van der Waals surface area contributed by atoms with Crippen molar-refractivity contribution in [3.63, 3.8) is 0 Å². The van der Waals surface area contributed by atoms with Gasteiger partial charge in [-0.15, -0.1) is 0 Å². The Morgan fingerprint density at radius 3 is 2.38 bits per heavy atom. The lowest BCUT2D eigenvalue weighted by atomic mass is 10.0. The van der Waals surface area contributed by atoms with E-state index >= 15 is 0 Å². The molecule has 3 aromatic carbocycles. The Morgan fingerprint density at radius 2 is 1.76 bits per heavy atom. The molecule has 0 aliphatic heterocycles. The number of aliphatic carboxylic acids is 1. The predicted octanol–water partition coefficient (Wildman–Crippen LogP) is 6.53. The zero-order valence-electron chi connectivity index (χ0n) is 19.6. The van der Waals surface area contributed by atoms with E-state index in [9.17, 15) is 9.90 Å². The molecular formula is C28H29ClO5. The van der Waals surface area contributed by atoms with E-state index in [1.165, 1.54) is 0 Å². The molecule has 0 heterocycles. The Kier molecular flexibility index (Phi) is 9.14. The summed E-state index contributed by atoms with van der Waals surface area (Å²) in [4.78, 5) is 11.2. The number of methoxy groups -OCH3 is 1. The maximum absolute atomic E-state index is 11.2. The lowest BCUT2D eigenvalue weighted by molar-refractivity contribution is -0.149. The van der Waals surface area contributed by atoms with Gasteiger partial charge < -0.3 is 19.3 Å². The fraction of sp³-hybridized carbons (Fsp3) is 0.250. The number of benzene rings is 3. The number of carboxylic acids is 1. The van der Waals surface area contributed by atoms with Gasteiger partial charge in [-0.1, -0.05) is 48.0 Å². The van der Waals surface area contributed by atoms with Crippen LogP contribution in [0, 0.1) is 0 Å². The maximum atomic E-state index is 11.2. The lowest BCUT2D eigenvalue weighted by Gasteiger charge is -2.12. The van der Waals surface area contributed by atoms with Gasteiger partial charge in [0.25, 0.3) is 0 Å². The van der Waals surface area contributed by atoms with Crippen molar-refractivity contribution in [3.05, 3.63) is 89.0 Å². The van der Waals surface area contributed by atoms with Crippen LogP contribution in [0.1, 0.15) is 25.0 Å². The fourth-order valence-electron chi connectivity index (χ4n) is 3.55. The number of hydrogen-bond acceptors (Lipinski definition) is 4. The summed E-state index contributed by atoms with van der Waals surface area (Å²) < 4.78 is 16.6. The topological polar surface area (TPSA) is 65.0 Å². The SMILES string of the molecule is CCO[C@@H](Cc1ccc(OC/C=C(\C)c2ccc(-c3cc(Cl)ccc3OC)cc2)cc1)C(=O)O. The van der Waals surface area contributed by atoms with E-state index in [2.05, 4.69) is 12.1 Å². The molecule has 6 heteroatoms. The lowest BCUT2D eigenvalue weighted by Crippen LogP contribution is -2.26. The van der Waals surface area contributed by atoms with Crippen LogP contribution in [-0.2, 0) is 16.0 Å². The molecule has 5 nitrogen and oxygen atoms in total. The number of ether oxygens (including phenoxy) is 3. The smallest absolute Gasteiger partial charge is 0.333 e. The van der Waals surface area contributed by atoms with Gasteiger partial charge in [-0.25, -0.2) is 4.79 Å². The molecule has 0 fully saturated rings. The van der Waals surface area contributed by atoms with E-state index in [0.717, 1.165) is 39.3 Å². The Hall–Kier alpha value is -3.28. The minimum Gasteiger partial charge on any atom is -0.496 e. The van der Waals surface area contributed by atoms with Gasteiger partial charge in [0.05, 0.1) is 7.11 Å². The van der Waals surface area contributed by atoms with E-state index in [0.29, 0.717) is 24.7 Å². The molecule has 0 saturated carbocycles. The van der Waals surface area contributed by atoms with E-state index in [1.54, 1.807) is 14.0 Å². The highest BCUT2D eigenvalue weighted by atomic mass is 35.5. The molecule has 1 atom stereocenters. The third-order valence-corrected chi connectivity index (χ3v) is 5.68. The molecule has 0 spiro atoms. The van der Waals surface area contributed by atoms with Crippen LogP contribution in [0.25, 0.3) is 16.7 Å². The summed E-state index contributed by atoms with van der Waals surface area (Å²) in [6, 6.07) is 21.2. The predicted molar refractivity (Wildman–Crippen MR) is 136 cm³/mol. The highest BCUT2D eigenvalue weighted by Gasteiger charge is 2.17. The van der Waals surface area contributed by atoms with Crippen LogP contribution >= 0.6 is 11.6 Å². The molecule has 3 aromatic rings. The van der Waals surface area contributed by atoms with Crippen LogP contribution in [0.2, 0.25) is 5.02 Å². The van der Waals surface area contributed by atoms with Gasteiger partial charge in [-0.05, 0) is 72.5 Å². The van der Waals surface area contributed by atoms with Gasteiger partial charge in [0.2, 0.25) is 0 Å². The van der Waals surface area contributed by atoms with Gasteiger partial charge in [0, 0.05) is 23.6 Å². The van der Waals surface area contributed by atoms with Crippen LogP contribution in [0.4, 0.5) is 0 Å². The van der Waals surface area contributed by atoms with E-state index in [1.807, 2.05) is 67.6 Å². The van der Waals surface area contributed by atoms with Gasteiger partial charge in [-0.3, -0.25) is 0 Å². The maximum Gasteiger partial charge on any atom is 0.333 e. The van der Waals surface area contributed by atoms with Gasteiger partial charge in [-0.2, -0.15) is 0 Å². The molecule has 0 saturated heterocycles. The van der Waals surface area contributed by atoms with Crippen LogP contribution in [-0.4, -0.2) is 37.5 Å². The van der Waals surface area contributed by atoms with Crippen molar-refractivity contribution in [1.82, 2.24) is 0 Å². The first-order chi connectivity index (χ1) is 16.4. The molecule has 1 N–H and O–H groups in total. The summed E-state index contributed by atoms with van der Waals surface area (Å²) in [5.74, 6) is 0.544. The normalized spacial score (nSPS) is 12.3.